The summed E-state index contributed by atoms with van der Waals surface area (Å²) >= 11 is 0. The van der Waals surface area contributed by atoms with Crippen LogP contribution in [-0.4, -0.2) is 15.5 Å². The number of hydrogen-bond donors (Lipinski definition) is 1. The zero-order valence-electron chi connectivity index (χ0n) is 9.35. The average Bonchev–Trinajstić information content (AvgIpc) is 2.74. The van der Waals surface area contributed by atoms with E-state index in [-0.39, 0.29) is 11.7 Å². The summed E-state index contributed by atoms with van der Waals surface area (Å²) < 4.78 is 14.3. The van der Waals surface area contributed by atoms with Crippen molar-refractivity contribution < 1.29 is 9.18 Å². The monoisotopic (exact) mass is 233 g/mol. The lowest BCUT2D eigenvalue weighted by atomic mass is 10.2. The van der Waals surface area contributed by atoms with E-state index in [1.54, 1.807) is 30.1 Å². The minimum absolute atomic E-state index is 0.200. The van der Waals surface area contributed by atoms with Crippen molar-refractivity contribution in [3.8, 4) is 0 Å². The van der Waals surface area contributed by atoms with Gasteiger partial charge in [-0.15, -0.1) is 0 Å². The third-order valence-corrected chi connectivity index (χ3v) is 2.42. The molecule has 4 nitrogen and oxygen atoms in total. The van der Waals surface area contributed by atoms with Crippen molar-refractivity contribution in [3.63, 3.8) is 0 Å². The van der Waals surface area contributed by atoms with Gasteiger partial charge in [0.15, 0.2) is 0 Å². The summed E-state index contributed by atoms with van der Waals surface area (Å²) in [5, 5.41) is 2.74. The number of carbonyl (C=O) groups excluding carboxylic acids is 1. The molecule has 88 valence electrons. The van der Waals surface area contributed by atoms with Gasteiger partial charge in [0.2, 0.25) is 0 Å². The molecule has 1 heterocycles. The average molecular weight is 233 g/mol. The Balaban J connectivity index is 1.97. The van der Waals surface area contributed by atoms with Gasteiger partial charge < -0.3 is 9.88 Å². The second-order valence-electron chi connectivity index (χ2n) is 3.70. The fourth-order valence-electron chi connectivity index (χ4n) is 1.45. The smallest absolute Gasteiger partial charge is 0.269 e. The molecule has 0 aliphatic heterocycles. The molecule has 0 saturated heterocycles. The molecule has 0 aliphatic rings. The first kappa shape index (κ1) is 11.3. The molecule has 2 aromatic rings. The van der Waals surface area contributed by atoms with E-state index in [1.807, 2.05) is 0 Å². The molecule has 0 spiro atoms. The van der Waals surface area contributed by atoms with Crippen molar-refractivity contribution in [2.45, 2.75) is 6.54 Å². The molecule has 0 saturated carbocycles. The van der Waals surface area contributed by atoms with Crippen LogP contribution in [0, 0.1) is 5.82 Å². The minimum atomic E-state index is -0.285. The highest BCUT2D eigenvalue weighted by atomic mass is 19.1. The predicted molar refractivity (Wildman–Crippen MR) is 60.8 cm³/mol. The molecule has 17 heavy (non-hydrogen) atoms. The molecule has 0 bridgehead atoms. The quantitative estimate of drug-likeness (QED) is 0.873. The summed E-state index contributed by atoms with van der Waals surface area (Å²) in [6.45, 7) is 0.365. The van der Waals surface area contributed by atoms with Gasteiger partial charge in [-0.25, -0.2) is 9.37 Å². The van der Waals surface area contributed by atoms with E-state index in [4.69, 9.17) is 0 Å². The van der Waals surface area contributed by atoms with Crippen molar-refractivity contribution in [1.82, 2.24) is 14.9 Å². The standard InChI is InChI=1S/C12H12FN3O/c1-16-8-14-7-11(16)12(17)15-6-9-2-4-10(13)5-3-9/h2-5,7-8H,6H2,1H3,(H,15,17). The van der Waals surface area contributed by atoms with E-state index < -0.39 is 0 Å². The van der Waals surface area contributed by atoms with Crippen molar-refractivity contribution >= 4 is 5.91 Å². The topological polar surface area (TPSA) is 46.9 Å². The van der Waals surface area contributed by atoms with Gasteiger partial charge in [0, 0.05) is 13.6 Å². The first-order chi connectivity index (χ1) is 8.16. The van der Waals surface area contributed by atoms with Crippen LogP contribution in [0.15, 0.2) is 36.8 Å². The highest BCUT2D eigenvalue weighted by molar-refractivity contribution is 5.92. The summed E-state index contributed by atoms with van der Waals surface area (Å²) in [4.78, 5) is 15.6. The highest BCUT2D eigenvalue weighted by Crippen LogP contribution is 2.03. The van der Waals surface area contributed by atoms with Crippen molar-refractivity contribution in [3.05, 3.63) is 53.9 Å². The third-order valence-electron chi connectivity index (χ3n) is 2.42. The zero-order valence-corrected chi connectivity index (χ0v) is 9.35. The number of halogens is 1. The van der Waals surface area contributed by atoms with Crippen LogP contribution < -0.4 is 5.32 Å². The van der Waals surface area contributed by atoms with Crippen LogP contribution in [0.3, 0.4) is 0 Å². The molecule has 1 aromatic heterocycles. The number of imidazole rings is 1. The lowest BCUT2D eigenvalue weighted by Crippen LogP contribution is -2.24. The van der Waals surface area contributed by atoms with Crippen molar-refractivity contribution in [2.24, 2.45) is 7.05 Å². The molecule has 0 fully saturated rings. The number of nitrogens with one attached hydrogen (secondary N) is 1. The Kier molecular flexibility index (Phi) is 3.18. The van der Waals surface area contributed by atoms with Crippen LogP contribution in [0.1, 0.15) is 16.1 Å². The number of hydrogen-bond acceptors (Lipinski definition) is 2. The predicted octanol–water partition coefficient (Wildman–Crippen LogP) is 1.49. The van der Waals surface area contributed by atoms with Gasteiger partial charge in [0.1, 0.15) is 11.5 Å². The van der Waals surface area contributed by atoms with Crippen LogP contribution in [0.2, 0.25) is 0 Å². The maximum atomic E-state index is 12.7. The Bertz CT molecular complexity index is 519. The van der Waals surface area contributed by atoms with Crippen molar-refractivity contribution in [1.29, 1.82) is 0 Å². The third kappa shape index (κ3) is 2.69. The van der Waals surface area contributed by atoms with Gasteiger partial charge in [0.05, 0.1) is 12.5 Å². The second kappa shape index (κ2) is 4.78. The Hall–Kier alpha value is -2.17. The largest absolute Gasteiger partial charge is 0.347 e. The van der Waals surface area contributed by atoms with Crippen LogP contribution in [-0.2, 0) is 13.6 Å². The minimum Gasteiger partial charge on any atom is -0.347 e. The second-order valence-corrected chi connectivity index (χ2v) is 3.70. The maximum Gasteiger partial charge on any atom is 0.269 e. The van der Waals surface area contributed by atoms with Gasteiger partial charge in [-0.1, -0.05) is 12.1 Å². The van der Waals surface area contributed by atoms with E-state index in [9.17, 15) is 9.18 Å². The van der Waals surface area contributed by atoms with E-state index in [1.165, 1.54) is 18.3 Å². The molecule has 1 N–H and O–H groups in total. The number of amides is 1. The van der Waals surface area contributed by atoms with Crippen LogP contribution in [0.25, 0.3) is 0 Å². The Morgan fingerprint density at radius 1 is 1.41 bits per heavy atom. The summed E-state index contributed by atoms with van der Waals surface area (Å²) in [5.74, 6) is -0.485. The van der Waals surface area contributed by atoms with E-state index in [2.05, 4.69) is 10.3 Å². The molecule has 1 aromatic carbocycles. The van der Waals surface area contributed by atoms with E-state index in [0.717, 1.165) is 5.56 Å². The fraction of sp³-hybridized carbons (Fsp3) is 0.167. The van der Waals surface area contributed by atoms with Gasteiger partial charge in [0.25, 0.3) is 5.91 Å². The Morgan fingerprint density at radius 3 is 2.71 bits per heavy atom. The van der Waals surface area contributed by atoms with Crippen molar-refractivity contribution in [2.75, 3.05) is 0 Å². The summed E-state index contributed by atoms with van der Waals surface area (Å²) in [6, 6.07) is 6.01. The lowest BCUT2D eigenvalue weighted by molar-refractivity contribution is 0.0942. The first-order valence-corrected chi connectivity index (χ1v) is 5.16. The SMILES string of the molecule is Cn1cncc1C(=O)NCc1ccc(F)cc1. The lowest BCUT2D eigenvalue weighted by Gasteiger charge is -2.05. The molecule has 0 unspecified atom stereocenters. The molecule has 1 amide bonds. The van der Waals surface area contributed by atoms with Gasteiger partial charge >= 0.3 is 0 Å². The van der Waals surface area contributed by atoms with E-state index in [0.29, 0.717) is 12.2 Å². The van der Waals surface area contributed by atoms with Crippen LogP contribution in [0.4, 0.5) is 4.39 Å². The molecular weight excluding hydrogens is 221 g/mol. The molecule has 5 heteroatoms. The maximum absolute atomic E-state index is 12.7. The number of aromatic nitrogens is 2. The number of benzene rings is 1. The molecule has 0 radical (unpaired) electrons. The number of aryl methyl sites for hydroxylation is 1. The summed E-state index contributed by atoms with van der Waals surface area (Å²) in [7, 11) is 1.75. The van der Waals surface area contributed by atoms with Gasteiger partial charge in [-0.05, 0) is 17.7 Å². The van der Waals surface area contributed by atoms with Crippen LogP contribution >= 0.6 is 0 Å². The number of carbonyl (C=O) groups is 1. The fourth-order valence-corrected chi connectivity index (χ4v) is 1.45. The van der Waals surface area contributed by atoms with E-state index >= 15 is 0 Å². The molecule has 0 aliphatic carbocycles. The van der Waals surface area contributed by atoms with Crippen LogP contribution in [0.5, 0.6) is 0 Å². The Labute approximate surface area is 98.1 Å². The molecule has 0 atom stereocenters. The highest BCUT2D eigenvalue weighted by Gasteiger charge is 2.08. The first-order valence-electron chi connectivity index (χ1n) is 5.16. The van der Waals surface area contributed by atoms with Gasteiger partial charge in [-0.3, -0.25) is 4.79 Å². The molecule has 2 rings (SSSR count). The molecular formula is C12H12FN3O. The number of rotatable bonds is 3. The Morgan fingerprint density at radius 2 is 2.12 bits per heavy atom. The number of nitrogens with zero attached hydrogens (tertiary/aromatic N) is 2. The zero-order chi connectivity index (χ0) is 12.3. The normalized spacial score (nSPS) is 10.2. The summed E-state index contributed by atoms with van der Waals surface area (Å²) in [6.07, 6.45) is 3.06. The van der Waals surface area contributed by atoms with Gasteiger partial charge in [-0.2, -0.15) is 0 Å². The summed E-state index contributed by atoms with van der Waals surface area (Å²) in [5.41, 5.74) is 1.34.